The molecular weight excluding hydrogens is 296 g/mol. The van der Waals surface area contributed by atoms with Crippen molar-refractivity contribution >= 4 is 17.2 Å². The minimum Gasteiger partial charge on any atom is -0.368 e. The molecule has 1 aromatic heterocycles. The molecular formula is C17H26N2O2S. The molecule has 0 aliphatic carbocycles. The molecule has 1 fully saturated rings. The second kappa shape index (κ2) is 8.44. The van der Waals surface area contributed by atoms with Crippen LogP contribution in [-0.4, -0.2) is 41.6 Å². The second-order valence-electron chi connectivity index (χ2n) is 5.74. The van der Waals surface area contributed by atoms with Crippen LogP contribution in [0.25, 0.3) is 0 Å². The number of aryl methyl sites for hydroxylation is 1. The number of amides is 1. The van der Waals surface area contributed by atoms with Crippen molar-refractivity contribution in [3.8, 4) is 0 Å². The number of ether oxygens (including phenoxy) is 1. The molecule has 22 heavy (non-hydrogen) atoms. The van der Waals surface area contributed by atoms with Gasteiger partial charge in [0.05, 0.1) is 17.3 Å². The molecule has 1 aliphatic rings. The van der Waals surface area contributed by atoms with Crippen molar-refractivity contribution in [1.82, 2.24) is 9.88 Å². The maximum Gasteiger partial charge on any atom is 0.251 e. The number of carbonyl (C=O) groups is 1. The van der Waals surface area contributed by atoms with Gasteiger partial charge in [0.1, 0.15) is 6.10 Å². The highest BCUT2D eigenvalue weighted by molar-refractivity contribution is 7.09. The van der Waals surface area contributed by atoms with Crippen molar-refractivity contribution in [2.45, 2.75) is 51.6 Å². The van der Waals surface area contributed by atoms with E-state index in [0.717, 1.165) is 44.5 Å². The third-order valence-electron chi connectivity index (χ3n) is 4.05. The molecule has 0 aromatic carbocycles. The first-order valence-corrected chi connectivity index (χ1v) is 8.99. The maximum atomic E-state index is 12.5. The molecule has 1 aliphatic heterocycles. The summed E-state index contributed by atoms with van der Waals surface area (Å²) in [6.45, 7) is 9.78. The zero-order valence-electron chi connectivity index (χ0n) is 13.6. The van der Waals surface area contributed by atoms with Crippen LogP contribution in [-0.2, 0) is 16.0 Å². The highest BCUT2D eigenvalue weighted by Gasteiger charge is 2.29. The van der Waals surface area contributed by atoms with Crippen LogP contribution in [0.1, 0.15) is 49.7 Å². The minimum absolute atomic E-state index is 0.0982. The van der Waals surface area contributed by atoms with Gasteiger partial charge >= 0.3 is 0 Å². The van der Waals surface area contributed by atoms with E-state index in [4.69, 9.17) is 4.74 Å². The van der Waals surface area contributed by atoms with Gasteiger partial charge in [-0.05, 0) is 32.6 Å². The molecule has 4 nitrogen and oxygen atoms in total. The van der Waals surface area contributed by atoms with Gasteiger partial charge in [-0.15, -0.1) is 17.9 Å². The van der Waals surface area contributed by atoms with E-state index < -0.39 is 0 Å². The van der Waals surface area contributed by atoms with Crippen LogP contribution in [0.4, 0.5) is 0 Å². The highest BCUT2D eigenvalue weighted by Crippen LogP contribution is 2.29. The van der Waals surface area contributed by atoms with Crippen LogP contribution in [0, 0.1) is 0 Å². The van der Waals surface area contributed by atoms with E-state index in [1.165, 1.54) is 5.01 Å². The molecule has 2 unspecified atom stereocenters. The molecule has 0 saturated carbocycles. The number of carbonyl (C=O) groups excluding carboxylic acids is 1. The monoisotopic (exact) mass is 322 g/mol. The summed E-state index contributed by atoms with van der Waals surface area (Å²) in [5.74, 6) is 0.476. The van der Waals surface area contributed by atoms with Crippen LogP contribution in [0.5, 0.6) is 0 Å². The summed E-state index contributed by atoms with van der Waals surface area (Å²) in [7, 11) is 0. The molecule has 5 heteroatoms. The normalized spacial score (nSPS) is 19.9. The molecule has 1 aromatic rings. The summed E-state index contributed by atoms with van der Waals surface area (Å²) in [6, 6.07) is 0. The lowest BCUT2D eigenvalue weighted by Crippen LogP contribution is -2.44. The van der Waals surface area contributed by atoms with E-state index in [2.05, 4.69) is 23.9 Å². The third-order valence-corrected chi connectivity index (χ3v) is 5.11. The Bertz CT molecular complexity index is 501. The van der Waals surface area contributed by atoms with Gasteiger partial charge in [-0.3, -0.25) is 4.79 Å². The van der Waals surface area contributed by atoms with Crippen molar-refractivity contribution in [2.24, 2.45) is 0 Å². The number of thiazole rings is 1. The van der Waals surface area contributed by atoms with E-state index in [9.17, 15) is 4.79 Å². The Kier molecular flexibility index (Phi) is 6.58. The Labute approximate surface area is 137 Å². The predicted octanol–water partition coefficient (Wildman–Crippen LogP) is 3.39. The maximum absolute atomic E-state index is 12.5. The quantitative estimate of drug-likeness (QED) is 0.571. The first-order valence-electron chi connectivity index (χ1n) is 8.11. The number of piperidine rings is 1. The minimum atomic E-state index is -0.374. The molecule has 0 radical (unpaired) electrons. The third kappa shape index (κ3) is 4.40. The summed E-state index contributed by atoms with van der Waals surface area (Å²) in [6.07, 6.45) is 5.34. The van der Waals surface area contributed by atoms with E-state index in [0.29, 0.717) is 12.5 Å². The van der Waals surface area contributed by atoms with Crippen molar-refractivity contribution in [3.05, 3.63) is 28.7 Å². The number of nitrogens with zero attached hydrogens (tertiary/aromatic N) is 2. The number of likely N-dealkylation sites (tertiary alicyclic amines) is 1. The van der Waals surface area contributed by atoms with Gasteiger partial charge in [-0.25, -0.2) is 4.98 Å². The lowest BCUT2D eigenvalue weighted by atomic mass is 9.98. The lowest BCUT2D eigenvalue weighted by molar-refractivity contribution is -0.143. The van der Waals surface area contributed by atoms with Crippen LogP contribution in [0.15, 0.2) is 18.0 Å². The van der Waals surface area contributed by atoms with Crippen LogP contribution >= 0.6 is 11.3 Å². The van der Waals surface area contributed by atoms with Crippen LogP contribution < -0.4 is 0 Å². The van der Waals surface area contributed by atoms with Gasteiger partial charge in [0.15, 0.2) is 0 Å². The average Bonchev–Trinajstić information content (AvgIpc) is 3.03. The zero-order chi connectivity index (χ0) is 15.9. The first kappa shape index (κ1) is 17.2. The molecule has 0 bridgehead atoms. The summed E-state index contributed by atoms with van der Waals surface area (Å²) < 4.78 is 5.58. The lowest BCUT2D eigenvalue weighted by Gasteiger charge is -2.33. The van der Waals surface area contributed by atoms with Gasteiger partial charge in [0.25, 0.3) is 5.91 Å². The van der Waals surface area contributed by atoms with Crippen LogP contribution in [0.2, 0.25) is 0 Å². The Morgan fingerprint density at radius 2 is 2.50 bits per heavy atom. The SMILES string of the molecule is C=CCCOC(C)C(=O)N1CCCC(c2nc(CC)cs2)C1. The standard InChI is InChI=1S/C17H26N2O2S/c1-4-6-10-21-13(3)17(20)19-9-7-8-14(11-19)16-18-15(5-2)12-22-16/h4,12-14H,1,5-11H2,2-3H3. The van der Waals surface area contributed by atoms with Crippen molar-refractivity contribution in [3.63, 3.8) is 0 Å². The average molecular weight is 322 g/mol. The largest absolute Gasteiger partial charge is 0.368 e. The summed E-state index contributed by atoms with van der Waals surface area (Å²) >= 11 is 1.73. The number of aromatic nitrogens is 1. The van der Waals surface area contributed by atoms with E-state index >= 15 is 0 Å². The van der Waals surface area contributed by atoms with Crippen molar-refractivity contribution in [2.75, 3.05) is 19.7 Å². The molecule has 122 valence electrons. The molecule has 0 spiro atoms. The smallest absolute Gasteiger partial charge is 0.251 e. The van der Waals surface area contributed by atoms with Crippen molar-refractivity contribution < 1.29 is 9.53 Å². The van der Waals surface area contributed by atoms with Gasteiger partial charge in [0, 0.05) is 24.4 Å². The number of rotatable bonds is 7. The number of hydrogen-bond acceptors (Lipinski definition) is 4. The van der Waals surface area contributed by atoms with E-state index in [-0.39, 0.29) is 12.0 Å². The summed E-state index contributed by atoms with van der Waals surface area (Å²) in [5.41, 5.74) is 1.16. The molecule has 1 saturated heterocycles. The Morgan fingerprint density at radius 1 is 1.68 bits per heavy atom. The van der Waals surface area contributed by atoms with Crippen LogP contribution in [0.3, 0.4) is 0 Å². The Balaban J connectivity index is 1.91. The second-order valence-corrected chi connectivity index (χ2v) is 6.63. The number of hydrogen-bond donors (Lipinski definition) is 0. The van der Waals surface area contributed by atoms with E-state index in [1.807, 2.05) is 17.9 Å². The molecule has 2 rings (SSSR count). The predicted molar refractivity (Wildman–Crippen MR) is 90.3 cm³/mol. The van der Waals surface area contributed by atoms with Gasteiger partial charge in [-0.1, -0.05) is 13.0 Å². The molecule has 0 N–H and O–H groups in total. The molecule has 2 atom stereocenters. The fourth-order valence-corrected chi connectivity index (χ4v) is 3.74. The Hall–Kier alpha value is -1.20. The highest BCUT2D eigenvalue weighted by atomic mass is 32.1. The fraction of sp³-hybridized carbons (Fsp3) is 0.647. The van der Waals surface area contributed by atoms with Gasteiger partial charge in [-0.2, -0.15) is 0 Å². The summed E-state index contributed by atoms with van der Waals surface area (Å²) in [4.78, 5) is 19.1. The van der Waals surface area contributed by atoms with Crippen molar-refractivity contribution in [1.29, 1.82) is 0 Å². The van der Waals surface area contributed by atoms with Gasteiger partial charge < -0.3 is 9.64 Å². The topological polar surface area (TPSA) is 42.4 Å². The Morgan fingerprint density at radius 3 is 3.18 bits per heavy atom. The molecule has 1 amide bonds. The van der Waals surface area contributed by atoms with Gasteiger partial charge in [0.2, 0.25) is 0 Å². The fourth-order valence-electron chi connectivity index (χ4n) is 2.71. The van der Waals surface area contributed by atoms with E-state index in [1.54, 1.807) is 11.3 Å². The first-order chi connectivity index (χ1) is 10.7. The summed E-state index contributed by atoms with van der Waals surface area (Å²) in [5, 5.41) is 3.31. The zero-order valence-corrected chi connectivity index (χ0v) is 14.4. The molecule has 2 heterocycles.